The van der Waals surface area contributed by atoms with Gasteiger partial charge in [-0.15, -0.1) is 0 Å². The van der Waals surface area contributed by atoms with Gasteiger partial charge in [0.05, 0.1) is 11.0 Å². The fourth-order valence-corrected chi connectivity index (χ4v) is 2.38. The lowest BCUT2D eigenvalue weighted by Crippen LogP contribution is -2.48. The first-order valence-electron chi connectivity index (χ1n) is 6.38. The Morgan fingerprint density at radius 3 is 2.50 bits per heavy atom. The fraction of sp³-hybridized carbons (Fsp3) is 0.308. The van der Waals surface area contributed by atoms with E-state index in [1.54, 1.807) is 28.0 Å². The van der Waals surface area contributed by atoms with E-state index in [4.69, 9.17) is 0 Å². The van der Waals surface area contributed by atoms with Crippen molar-refractivity contribution in [2.75, 3.05) is 26.2 Å². The zero-order valence-electron chi connectivity index (χ0n) is 10.8. The maximum absolute atomic E-state index is 12.4. The standard InChI is InChI=1S/C13H14N4O3/c18-8-16-3-5-17(6-4-16)12(19)9-1-2-10-11(7-9)15-13(20)14-10/h1-2,7-8H,3-6H2,(H2,14,15,20). The van der Waals surface area contributed by atoms with Gasteiger partial charge in [-0.25, -0.2) is 4.79 Å². The molecule has 1 aliphatic heterocycles. The van der Waals surface area contributed by atoms with Gasteiger partial charge in [-0.2, -0.15) is 0 Å². The molecule has 0 spiro atoms. The monoisotopic (exact) mass is 274 g/mol. The molecule has 0 unspecified atom stereocenters. The van der Waals surface area contributed by atoms with Gasteiger partial charge >= 0.3 is 5.69 Å². The minimum Gasteiger partial charge on any atom is -0.342 e. The summed E-state index contributed by atoms with van der Waals surface area (Å²) in [6.45, 7) is 2.16. The number of amides is 2. The molecular weight excluding hydrogens is 260 g/mol. The Morgan fingerprint density at radius 2 is 1.80 bits per heavy atom. The topological polar surface area (TPSA) is 89.3 Å². The smallest absolute Gasteiger partial charge is 0.323 e. The quantitative estimate of drug-likeness (QED) is 0.741. The number of H-pyrrole nitrogens is 2. The van der Waals surface area contributed by atoms with E-state index in [0.29, 0.717) is 42.8 Å². The van der Waals surface area contributed by atoms with Crippen LogP contribution in [0, 0.1) is 0 Å². The molecule has 1 aromatic heterocycles. The highest BCUT2D eigenvalue weighted by atomic mass is 16.2. The summed E-state index contributed by atoms with van der Waals surface area (Å²) in [6, 6.07) is 5.07. The average molecular weight is 274 g/mol. The van der Waals surface area contributed by atoms with Crippen LogP contribution in [0.2, 0.25) is 0 Å². The van der Waals surface area contributed by atoms with Crippen LogP contribution in [0.5, 0.6) is 0 Å². The van der Waals surface area contributed by atoms with Gasteiger partial charge in [0.1, 0.15) is 0 Å². The first kappa shape index (κ1) is 12.5. The Bertz CT molecular complexity index is 710. The van der Waals surface area contributed by atoms with Gasteiger partial charge in [-0.05, 0) is 18.2 Å². The van der Waals surface area contributed by atoms with Crippen molar-refractivity contribution in [2.45, 2.75) is 0 Å². The van der Waals surface area contributed by atoms with E-state index < -0.39 is 0 Å². The number of carbonyl (C=O) groups is 2. The first-order chi connectivity index (χ1) is 9.67. The molecular formula is C13H14N4O3. The lowest BCUT2D eigenvalue weighted by Gasteiger charge is -2.32. The van der Waals surface area contributed by atoms with Crippen LogP contribution >= 0.6 is 0 Å². The Balaban J connectivity index is 1.81. The molecule has 1 fully saturated rings. The van der Waals surface area contributed by atoms with Crippen LogP contribution in [0.3, 0.4) is 0 Å². The highest BCUT2D eigenvalue weighted by Crippen LogP contribution is 2.13. The third kappa shape index (κ3) is 2.18. The lowest BCUT2D eigenvalue weighted by atomic mass is 10.1. The molecule has 0 aliphatic carbocycles. The molecule has 0 saturated carbocycles. The molecule has 0 bridgehead atoms. The van der Waals surface area contributed by atoms with Crippen LogP contribution in [0.25, 0.3) is 11.0 Å². The Labute approximate surface area is 114 Å². The minimum absolute atomic E-state index is 0.0838. The highest BCUT2D eigenvalue weighted by Gasteiger charge is 2.21. The second-order valence-electron chi connectivity index (χ2n) is 4.77. The number of hydrogen-bond donors (Lipinski definition) is 2. The second kappa shape index (κ2) is 4.84. The van der Waals surface area contributed by atoms with Crippen LogP contribution in [0.4, 0.5) is 0 Å². The number of carbonyl (C=O) groups excluding carboxylic acids is 2. The van der Waals surface area contributed by atoms with Crippen LogP contribution in [0.1, 0.15) is 10.4 Å². The number of rotatable bonds is 2. The SMILES string of the molecule is O=CN1CCN(C(=O)c2ccc3[nH]c(=O)[nH]c3c2)CC1. The predicted octanol–water partition coefficient (Wildman–Crippen LogP) is -0.230. The number of imidazole rings is 1. The molecule has 20 heavy (non-hydrogen) atoms. The van der Waals surface area contributed by atoms with Crippen LogP contribution in [-0.4, -0.2) is 58.3 Å². The zero-order chi connectivity index (χ0) is 14.1. The summed E-state index contributed by atoms with van der Waals surface area (Å²) in [5.74, 6) is -0.0838. The van der Waals surface area contributed by atoms with Gasteiger partial charge in [0, 0.05) is 31.7 Å². The fourth-order valence-electron chi connectivity index (χ4n) is 2.38. The molecule has 3 rings (SSSR count). The molecule has 7 heteroatoms. The van der Waals surface area contributed by atoms with Crippen LogP contribution < -0.4 is 5.69 Å². The first-order valence-corrected chi connectivity index (χ1v) is 6.38. The molecule has 1 aliphatic rings. The van der Waals surface area contributed by atoms with Crippen molar-refractivity contribution in [3.63, 3.8) is 0 Å². The Hall–Kier alpha value is -2.57. The largest absolute Gasteiger partial charge is 0.342 e. The second-order valence-corrected chi connectivity index (χ2v) is 4.77. The molecule has 104 valence electrons. The summed E-state index contributed by atoms with van der Waals surface area (Å²) in [7, 11) is 0. The van der Waals surface area contributed by atoms with E-state index in [1.807, 2.05) is 0 Å². The van der Waals surface area contributed by atoms with Gasteiger partial charge in [-0.3, -0.25) is 9.59 Å². The Morgan fingerprint density at radius 1 is 1.10 bits per heavy atom. The zero-order valence-corrected chi connectivity index (χ0v) is 10.8. The van der Waals surface area contributed by atoms with E-state index in [0.717, 1.165) is 6.41 Å². The average Bonchev–Trinajstić information content (AvgIpc) is 2.85. The van der Waals surface area contributed by atoms with Gasteiger partial charge in [-0.1, -0.05) is 0 Å². The molecule has 2 N–H and O–H groups in total. The summed E-state index contributed by atoms with van der Waals surface area (Å²) in [5, 5.41) is 0. The van der Waals surface area contributed by atoms with Gasteiger partial charge < -0.3 is 19.8 Å². The normalized spacial score (nSPS) is 15.6. The minimum atomic E-state index is -0.288. The van der Waals surface area contributed by atoms with E-state index >= 15 is 0 Å². The van der Waals surface area contributed by atoms with E-state index in [2.05, 4.69) is 9.97 Å². The van der Waals surface area contributed by atoms with E-state index in [1.165, 1.54) is 0 Å². The number of nitrogens with one attached hydrogen (secondary N) is 2. The number of aromatic amines is 2. The number of piperazine rings is 1. The van der Waals surface area contributed by atoms with Crippen molar-refractivity contribution in [1.29, 1.82) is 0 Å². The number of aromatic nitrogens is 2. The number of hydrogen-bond acceptors (Lipinski definition) is 3. The van der Waals surface area contributed by atoms with Crippen molar-refractivity contribution in [2.24, 2.45) is 0 Å². The van der Waals surface area contributed by atoms with Gasteiger partial charge in [0.25, 0.3) is 5.91 Å². The van der Waals surface area contributed by atoms with Gasteiger partial charge in [0.2, 0.25) is 6.41 Å². The maximum atomic E-state index is 12.4. The molecule has 0 atom stereocenters. The molecule has 1 aromatic carbocycles. The summed E-state index contributed by atoms with van der Waals surface area (Å²) >= 11 is 0. The third-order valence-electron chi connectivity index (χ3n) is 3.51. The molecule has 2 heterocycles. The molecule has 2 aromatic rings. The van der Waals surface area contributed by atoms with Crippen molar-refractivity contribution in [3.8, 4) is 0 Å². The predicted molar refractivity (Wildman–Crippen MR) is 72.5 cm³/mol. The summed E-state index contributed by atoms with van der Waals surface area (Å²) < 4.78 is 0. The summed E-state index contributed by atoms with van der Waals surface area (Å²) in [4.78, 5) is 42.8. The van der Waals surface area contributed by atoms with Crippen molar-refractivity contribution >= 4 is 23.4 Å². The molecule has 1 saturated heterocycles. The van der Waals surface area contributed by atoms with Crippen LogP contribution in [0.15, 0.2) is 23.0 Å². The number of benzene rings is 1. The summed E-state index contributed by atoms with van der Waals surface area (Å²) in [5.41, 5.74) is 1.54. The number of nitrogens with zero attached hydrogens (tertiary/aromatic N) is 2. The van der Waals surface area contributed by atoms with Crippen molar-refractivity contribution < 1.29 is 9.59 Å². The highest BCUT2D eigenvalue weighted by molar-refractivity contribution is 5.97. The lowest BCUT2D eigenvalue weighted by molar-refractivity contribution is -0.119. The third-order valence-corrected chi connectivity index (χ3v) is 3.51. The Kier molecular flexibility index (Phi) is 3.02. The molecule has 7 nitrogen and oxygen atoms in total. The molecule has 0 radical (unpaired) electrons. The summed E-state index contributed by atoms with van der Waals surface area (Å²) in [6.07, 6.45) is 0.804. The maximum Gasteiger partial charge on any atom is 0.323 e. The van der Waals surface area contributed by atoms with Crippen molar-refractivity contribution in [3.05, 3.63) is 34.2 Å². The van der Waals surface area contributed by atoms with Crippen molar-refractivity contribution in [1.82, 2.24) is 19.8 Å². The number of fused-ring (bicyclic) bond motifs is 1. The van der Waals surface area contributed by atoms with E-state index in [-0.39, 0.29) is 11.6 Å². The molecule has 2 amide bonds. The van der Waals surface area contributed by atoms with E-state index in [9.17, 15) is 14.4 Å². The van der Waals surface area contributed by atoms with Gasteiger partial charge in [0.15, 0.2) is 0 Å². The van der Waals surface area contributed by atoms with Crippen LogP contribution in [-0.2, 0) is 4.79 Å².